The fourth-order valence-corrected chi connectivity index (χ4v) is 4.48. The van der Waals surface area contributed by atoms with Gasteiger partial charge in [-0.15, -0.1) is 0 Å². The molecule has 1 aliphatic heterocycles. The minimum atomic E-state index is -0.624. The molecule has 3 heterocycles. The van der Waals surface area contributed by atoms with Crippen LogP contribution < -0.4 is 16.0 Å². The number of imidazole rings is 1. The zero-order valence-corrected chi connectivity index (χ0v) is 21.7. The number of benzene rings is 2. The number of anilines is 2. The van der Waals surface area contributed by atoms with Gasteiger partial charge >= 0.3 is 6.09 Å². The van der Waals surface area contributed by atoms with Gasteiger partial charge in [0.05, 0.1) is 24.5 Å². The zero-order chi connectivity index (χ0) is 27.4. The molecule has 39 heavy (non-hydrogen) atoms. The van der Waals surface area contributed by atoms with Gasteiger partial charge in [-0.3, -0.25) is 14.9 Å². The summed E-state index contributed by atoms with van der Waals surface area (Å²) in [6.07, 6.45) is 3.19. The van der Waals surface area contributed by atoms with Crippen molar-refractivity contribution in [3.05, 3.63) is 71.3 Å². The van der Waals surface area contributed by atoms with Gasteiger partial charge in [-0.2, -0.15) is 0 Å². The molecule has 11 nitrogen and oxygen atoms in total. The van der Waals surface area contributed by atoms with Crippen LogP contribution in [0.2, 0.25) is 5.02 Å². The van der Waals surface area contributed by atoms with E-state index in [1.807, 2.05) is 6.07 Å². The fraction of sp³-hybridized carbons (Fsp3) is 0.222. The molecular formula is C27H25ClN6O5. The third-order valence-corrected chi connectivity index (χ3v) is 6.47. The number of halogens is 1. The van der Waals surface area contributed by atoms with Crippen LogP contribution in [0.25, 0.3) is 22.5 Å². The summed E-state index contributed by atoms with van der Waals surface area (Å²) in [6.45, 7) is 0. The van der Waals surface area contributed by atoms with Crippen molar-refractivity contribution < 1.29 is 23.6 Å². The van der Waals surface area contributed by atoms with Gasteiger partial charge in [-0.05, 0) is 43.2 Å². The Hall–Kier alpha value is -4.64. The number of nitrogens with one attached hydrogen (secondary N) is 4. The third kappa shape index (κ3) is 6.10. The fourth-order valence-electron chi connectivity index (χ4n) is 4.29. The number of hydrogen-bond donors (Lipinski definition) is 4. The van der Waals surface area contributed by atoms with Crippen LogP contribution in [0.5, 0.6) is 0 Å². The van der Waals surface area contributed by atoms with E-state index in [9.17, 15) is 14.4 Å². The Morgan fingerprint density at radius 2 is 2.00 bits per heavy atom. The van der Waals surface area contributed by atoms with Gasteiger partial charge in [0.2, 0.25) is 11.7 Å². The highest BCUT2D eigenvalue weighted by atomic mass is 35.5. The van der Waals surface area contributed by atoms with Gasteiger partial charge in [-0.1, -0.05) is 35.3 Å². The number of carbonyl (C=O) groups excluding carboxylic acids is 3. The number of methoxy groups -OCH3 is 1. The first-order valence-corrected chi connectivity index (χ1v) is 12.7. The van der Waals surface area contributed by atoms with E-state index < -0.39 is 18.0 Å². The summed E-state index contributed by atoms with van der Waals surface area (Å²) in [4.78, 5) is 45.3. The van der Waals surface area contributed by atoms with Crippen molar-refractivity contribution in [2.45, 2.75) is 31.7 Å². The number of carbonyl (C=O) groups is 3. The quantitative estimate of drug-likeness (QED) is 0.261. The Morgan fingerprint density at radius 3 is 2.82 bits per heavy atom. The van der Waals surface area contributed by atoms with E-state index in [0.717, 1.165) is 5.56 Å². The highest BCUT2D eigenvalue weighted by Crippen LogP contribution is 2.32. The number of aromatic amines is 1. The molecule has 0 radical (unpaired) electrons. The maximum atomic E-state index is 13.1. The Kier molecular flexibility index (Phi) is 7.60. The maximum absolute atomic E-state index is 13.1. The van der Waals surface area contributed by atoms with Crippen LogP contribution in [0.3, 0.4) is 0 Å². The number of nitrogens with zero attached hydrogens (tertiary/aromatic N) is 2. The van der Waals surface area contributed by atoms with Crippen LogP contribution in [-0.2, 0) is 9.53 Å². The molecule has 4 aromatic rings. The molecule has 2 aromatic carbocycles. The monoisotopic (exact) mass is 548 g/mol. The first-order valence-electron chi connectivity index (χ1n) is 12.3. The van der Waals surface area contributed by atoms with Gasteiger partial charge in [0, 0.05) is 40.5 Å². The average Bonchev–Trinajstić information content (AvgIpc) is 3.61. The molecule has 1 aliphatic rings. The molecule has 12 heteroatoms. The Balaban J connectivity index is 1.40. The molecule has 0 spiro atoms. The average molecular weight is 549 g/mol. The Morgan fingerprint density at radius 1 is 1.13 bits per heavy atom. The molecule has 5 rings (SSSR count). The van der Waals surface area contributed by atoms with Crippen molar-refractivity contribution >= 4 is 40.9 Å². The Labute approximate surface area is 228 Å². The van der Waals surface area contributed by atoms with Crippen molar-refractivity contribution in [1.29, 1.82) is 0 Å². The van der Waals surface area contributed by atoms with Gasteiger partial charge in [-0.25, -0.2) is 9.78 Å². The van der Waals surface area contributed by atoms with Gasteiger partial charge < -0.3 is 24.9 Å². The molecule has 0 aliphatic carbocycles. The minimum absolute atomic E-state index is 0.0539. The van der Waals surface area contributed by atoms with Crippen LogP contribution in [-0.4, -0.2) is 40.1 Å². The standard InChI is InChI=1S/C27H25ClN6O5/c1-38-27(37)30-17-9-10-18-21(12-17)31-24(35)8-3-2-7-19(25-29-14-22(18)32-25)33-26(36)23-13-20(34-39-23)15-5-4-6-16(28)11-15/h4-6,9-14,19H,2-3,7-8H2,1H3,(H,29,32)(H,30,37)(H,31,35)(H,33,36)/t19-/m0/s1. The zero-order valence-electron chi connectivity index (χ0n) is 20.9. The molecule has 0 unspecified atom stereocenters. The lowest BCUT2D eigenvalue weighted by molar-refractivity contribution is -0.116. The van der Waals surface area contributed by atoms with Gasteiger partial charge in [0.15, 0.2) is 0 Å². The SMILES string of the molecule is COC(=O)Nc1ccc2c(c1)NC(=O)CCCC[C@H](NC(=O)c1cc(-c3cccc(Cl)c3)no1)c1nc-2c[nH]1. The second kappa shape index (κ2) is 11.4. The highest BCUT2D eigenvalue weighted by Gasteiger charge is 2.24. The number of amides is 3. The summed E-state index contributed by atoms with van der Waals surface area (Å²) in [7, 11) is 1.27. The predicted octanol–water partition coefficient (Wildman–Crippen LogP) is 5.55. The molecule has 2 aromatic heterocycles. The van der Waals surface area contributed by atoms with Crippen molar-refractivity contribution in [3.63, 3.8) is 0 Å². The van der Waals surface area contributed by atoms with Gasteiger partial charge in [0.25, 0.3) is 5.91 Å². The van der Waals surface area contributed by atoms with E-state index in [2.05, 4.69) is 30.8 Å². The number of H-pyrrole nitrogens is 1. The third-order valence-electron chi connectivity index (χ3n) is 6.24. The van der Waals surface area contributed by atoms with E-state index in [4.69, 9.17) is 21.1 Å². The summed E-state index contributed by atoms with van der Waals surface area (Å²) in [6, 6.07) is 13.3. The molecule has 3 amide bonds. The first-order chi connectivity index (χ1) is 18.9. The first kappa shape index (κ1) is 26.0. The molecule has 4 N–H and O–H groups in total. The molecule has 0 fully saturated rings. The second-order valence-corrected chi connectivity index (χ2v) is 9.39. The van der Waals surface area contributed by atoms with Crippen LogP contribution in [0, 0.1) is 0 Å². The van der Waals surface area contributed by atoms with Crippen LogP contribution in [0.4, 0.5) is 16.2 Å². The molecular weight excluding hydrogens is 524 g/mol. The van der Waals surface area contributed by atoms with Crippen LogP contribution in [0.1, 0.15) is 48.1 Å². The molecule has 2 bridgehead atoms. The van der Waals surface area contributed by atoms with Crippen LogP contribution in [0.15, 0.2) is 59.3 Å². The molecule has 0 saturated heterocycles. The lowest BCUT2D eigenvalue weighted by Crippen LogP contribution is -2.29. The minimum Gasteiger partial charge on any atom is -0.453 e. The normalized spacial score (nSPS) is 15.2. The number of ether oxygens (including phenoxy) is 1. The number of hydrogen-bond acceptors (Lipinski definition) is 7. The Bertz CT molecular complexity index is 1530. The van der Waals surface area contributed by atoms with Gasteiger partial charge in [0.1, 0.15) is 11.5 Å². The van der Waals surface area contributed by atoms with Crippen LogP contribution >= 0.6 is 11.6 Å². The van der Waals surface area contributed by atoms with Crippen molar-refractivity contribution in [1.82, 2.24) is 20.4 Å². The lowest BCUT2D eigenvalue weighted by Gasteiger charge is -2.17. The predicted molar refractivity (Wildman–Crippen MR) is 144 cm³/mol. The topological polar surface area (TPSA) is 151 Å². The maximum Gasteiger partial charge on any atom is 0.411 e. The van der Waals surface area contributed by atoms with E-state index >= 15 is 0 Å². The summed E-state index contributed by atoms with van der Waals surface area (Å²) in [5.41, 5.74) is 3.38. The second-order valence-electron chi connectivity index (χ2n) is 8.95. The highest BCUT2D eigenvalue weighted by molar-refractivity contribution is 6.30. The molecule has 200 valence electrons. The summed E-state index contributed by atoms with van der Waals surface area (Å²) in [5.74, 6) is 0.00172. The molecule has 1 atom stereocenters. The summed E-state index contributed by atoms with van der Waals surface area (Å²) >= 11 is 6.07. The van der Waals surface area contributed by atoms with E-state index in [1.165, 1.54) is 7.11 Å². The van der Waals surface area contributed by atoms with E-state index in [1.54, 1.807) is 48.7 Å². The number of aromatic nitrogens is 3. The van der Waals surface area contributed by atoms with E-state index in [-0.39, 0.29) is 11.7 Å². The molecule has 0 saturated carbocycles. The lowest BCUT2D eigenvalue weighted by atomic mass is 10.1. The van der Waals surface area contributed by atoms with E-state index in [0.29, 0.717) is 64.9 Å². The summed E-state index contributed by atoms with van der Waals surface area (Å²) in [5, 5.41) is 13.0. The van der Waals surface area contributed by atoms with Crippen molar-refractivity contribution in [2.75, 3.05) is 17.7 Å². The smallest absolute Gasteiger partial charge is 0.411 e. The number of rotatable bonds is 4. The number of fused-ring (bicyclic) bond motifs is 4. The van der Waals surface area contributed by atoms with Crippen molar-refractivity contribution in [3.8, 4) is 22.5 Å². The van der Waals surface area contributed by atoms with Crippen molar-refractivity contribution in [2.24, 2.45) is 0 Å². The summed E-state index contributed by atoms with van der Waals surface area (Å²) < 4.78 is 9.97. The largest absolute Gasteiger partial charge is 0.453 e.